The number of amidine groups is 1. The van der Waals surface area contributed by atoms with E-state index in [9.17, 15) is 8.78 Å². The van der Waals surface area contributed by atoms with Gasteiger partial charge in [-0.15, -0.1) is 0 Å². The molecule has 5 heteroatoms. The Hall–Kier alpha value is -3.18. The lowest BCUT2D eigenvalue weighted by molar-refractivity contribution is 0.472. The standard InChI is InChI=1S/C26H18F2N2S/c27-19-10-5-17(6-11-19)23-15-31-26-29-24-21-4-2-1-3-16(21)9-14-22(24)25(30(23)26)18-7-12-20(28)13-8-18/h1-8,10-13,15,25H,9,14H2. The molecule has 2 nitrogen and oxygen atoms in total. The molecule has 1 aliphatic carbocycles. The molecule has 0 saturated carbocycles. The van der Waals surface area contributed by atoms with Gasteiger partial charge in [-0.05, 0) is 71.5 Å². The fraction of sp³-hybridized carbons (Fsp3) is 0.115. The van der Waals surface area contributed by atoms with Crippen molar-refractivity contribution in [3.8, 4) is 0 Å². The highest BCUT2D eigenvalue weighted by molar-refractivity contribution is 8.16. The zero-order valence-corrected chi connectivity index (χ0v) is 17.4. The van der Waals surface area contributed by atoms with Gasteiger partial charge in [0.1, 0.15) is 11.6 Å². The second-order valence-corrected chi connectivity index (χ2v) is 8.71. The number of benzene rings is 3. The number of hydrogen-bond acceptors (Lipinski definition) is 3. The monoisotopic (exact) mass is 428 g/mol. The maximum Gasteiger partial charge on any atom is 0.174 e. The summed E-state index contributed by atoms with van der Waals surface area (Å²) in [4.78, 5) is 7.30. The summed E-state index contributed by atoms with van der Waals surface area (Å²) in [5, 5.41) is 2.97. The molecule has 2 aliphatic heterocycles. The Kier molecular flexibility index (Phi) is 4.32. The minimum atomic E-state index is -0.258. The van der Waals surface area contributed by atoms with Gasteiger partial charge < -0.3 is 4.90 Å². The van der Waals surface area contributed by atoms with Crippen molar-refractivity contribution in [2.45, 2.75) is 18.9 Å². The lowest BCUT2D eigenvalue weighted by atomic mass is 9.82. The van der Waals surface area contributed by atoms with Gasteiger partial charge in [-0.2, -0.15) is 0 Å². The van der Waals surface area contributed by atoms with E-state index in [-0.39, 0.29) is 17.7 Å². The van der Waals surface area contributed by atoms with Crippen molar-refractivity contribution in [3.05, 3.63) is 118 Å². The van der Waals surface area contributed by atoms with Crippen LogP contribution in [0.2, 0.25) is 0 Å². The summed E-state index contributed by atoms with van der Waals surface area (Å²) >= 11 is 1.58. The predicted octanol–water partition coefficient (Wildman–Crippen LogP) is 6.78. The predicted molar refractivity (Wildman–Crippen MR) is 122 cm³/mol. The molecule has 0 amide bonds. The van der Waals surface area contributed by atoms with Gasteiger partial charge in [-0.3, -0.25) is 0 Å². The minimum Gasteiger partial charge on any atom is -0.308 e. The zero-order chi connectivity index (χ0) is 20.9. The van der Waals surface area contributed by atoms with E-state index in [1.807, 2.05) is 12.1 Å². The lowest BCUT2D eigenvalue weighted by Crippen LogP contribution is -2.34. The molecule has 2 heterocycles. The summed E-state index contributed by atoms with van der Waals surface area (Å²) in [7, 11) is 0. The van der Waals surface area contributed by atoms with Crippen LogP contribution in [0.4, 0.5) is 8.78 Å². The average molecular weight is 429 g/mol. The van der Waals surface area contributed by atoms with Crippen LogP contribution in [0.1, 0.15) is 34.7 Å². The molecule has 0 bridgehead atoms. The molecular weight excluding hydrogens is 410 g/mol. The Labute approximate surface area is 183 Å². The maximum absolute atomic E-state index is 13.7. The smallest absolute Gasteiger partial charge is 0.174 e. The van der Waals surface area contributed by atoms with Gasteiger partial charge in [-0.25, -0.2) is 13.8 Å². The van der Waals surface area contributed by atoms with Crippen molar-refractivity contribution in [3.63, 3.8) is 0 Å². The van der Waals surface area contributed by atoms with Crippen molar-refractivity contribution in [2.75, 3.05) is 0 Å². The van der Waals surface area contributed by atoms with E-state index in [2.05, 4.69) is 34.6 Å². The van der Waals surface area contributed by atoms with E-state index >= 15 is 0 Å². The van der Waals surface area contributed by atoms with Crippen LogP contribution in [-0.2, 0) is 6.42 Å². The van der Waals surface area contributed by atoms with Crippen molar-refractivity contribution in [1.29, 1.82) is 0 Å². The van der Waals surface area contributed by atoms with Crippen LogP contribution in [0.5, 0.6) is 0 Å². The van der Waals surface area contributed by atoms with Crippen LogP contribution in [0, 0.1) is 11.6 Å². The topological polar surface area (TPSA) is 15.6 Å². The highest BCUT2D eigenvalue weighted by atomic mass is 32.2. The molecule has 152 valence electrons. The highest BCUT2D eigenvalue weighted by Crippen LogP contribution is 2.51. The number of aliphatic imine (C=N–C) groups is 1. The minimum absolute atomic E-state index is 0.0808. The molecule has 0 aromatic heterocycles. The van der Waals surface area contributed by atoms with Crippen LogP contribution in [-0.4, -0.2) is 10.1 Å². The van der Waals surface area contributed by atoms with Gasteiger partial charge in [0, 0.05) is 11.0 Å². The van der Waals surface area contributed by atoms with E-state index in [0.717, 1.165) is 40.5 Å². The molecular formula is C26H18F2N2S. The molecule has 3 aliphatic rings. The molecule has 0 saturated heterocycles. The largest absolute Gasteiger partial charge is 0.308 e. The molecule has 0 radical (unpaired) electrons. The number of aryl methyl sites for hydroxylation is 1. The summed E-state index contributed by atoms with van der Waals surface area (Å²) in [6, 6.07) is 21.7. The number of fused-ring (bicyclic) bond motifs is 3. The molecule has 31 heavy (non-hydrogen) atoms. The highest BCUT2D eigenvalue weighted by Gasteiger charge is 2.40. The number of thioether (sulfide) groups is 1. The third-order valence-electron chi connectivity index (χ3n) is 6.10. The first kappa shape index (κ1) is 18.6. The third-order valence-corrected chi connectivity index (χ3v) is 6.94. The van der Waals surface area contributed by atoms with E-state index in [4.69, 9.17) is 4.99 Å². The second kappa shape index (κ2) is 7.20. The average Bonchev–Trinajstić information content (AvgIpc) is 3.22. The van der Waals surface area contributed by atoms with Crippen LogP contribution in [0.3, 0.4) is 0 Å². The van der Waals surface area contributed by atoms with E-state index in [0.29, 0.717) is 0 Å². The van der Waals surface area contributed by atoms with Crippen molar-refractivity contribution >= 4 is 28.3 Å². The normalized spacial score (nSPS) is 19.4. The summed E-state index contributed by atoms with van der Waals surface area (Å²) in [6.45, 7) is 0. The van der Waals surface area contributed by atoms with Gasteiger partial charge in [0.05, 0.1) is 17.4 Å². The summed E-state index contributed by atoms with van der Waals surface area (Å²) in [6.07, 6.45) is 1.84. The van der Waals surface area contributed by atoms with Crippen LogP contribution in [0.25, 0.3) is 11.4 Å². The van der Waals surface area contributed by atoms with Crippen molar-refractivity contribution in [1.82, 2.24) is 4.90 Å². The molecule has 3 aromatic rings. The molecule has 0 fully saturated rings. The Morgan fingerprint density at radius 1 is 0.839 bits per heavy atom. The molecule has 1 atom stereocenters. The molecule has 0 N–H and O–H groups in total. The fourth-order valence-electron chi connectivity index (χ4n) is 4.66. The number of nitrogens with zero attached hydrogens (tertiary/aromatic N) is 2. The van der Waals surface area contributed by atoms with Gasteiger partial charge in [0.15, 0.2) is 5.17 Å². The van der Waals surface area contributed by atoms with E-state index in [1.54, 1.807) is 23.9 Å². The van der Waals surface area contributed by atoms with Crippen molar-refractivity contribution in [2.24, 2.45) is 4.99 Å². The van der Waals surface area contributed by atoms with Crippen LogP contribution in [0.15, 0.2) is 88.8 Å². The lowest BCUT2D eigenvalue weighted by Gasteiger charge is -2.39. The SMILES string of the molecule is Fc1ccc(C2=CSC3=NC4=C(CCc5ccccc54)C(c4ccc(F)cc4)N23)cc1. The molecule has 0 spiro atoms. The number of hydrogen-bond donors (Lipinski definition) is 0. The van der Waals surface area contributed by atoms with Crippen LogP contribution < -0.4 is 0 Å². The van der Waals surface area contributed by atoms with Gasteiger partial charge in [-0.1, -0.05) is 48.2 Å². The summed E-state index contributed by atoms with van der Waals surface area (Å²) in [5.41, 5.74) is 7.71. The van der Waals surface area contributed by atoms with Gasteiger partial charge >= 0.3 is 0 Å². The van der Waals surface area contributed by atoms with Gasteiger partial charge in [0.25, 0.3) is 0 Å². The summed E-state index contributed by atoms with van der Waals surface area (Å²) < 4.78 is 27.3. The van der Waals surface area contributed by atoms with Crippen molar-refractivity contribution < 1.29 is 8.78 Å². The third kappa shape index (κ3) is 3.03. The quantitative estimate of drug-likeness (QED) is 0.447. The van der Waals surface area contributed by atoms with Crippen LogP contribution >= 0.6 is 11.8 Å². The summed E-state index contributed by atoms with van der Waals surface area (Å²) in [5.74, 6) is -0.506. The Balaban J connectivity index is 1.53. The second-order valence-electron chi connectivity index (χ2n) is 7.88. The Morgan fingerprint density at radius 2 is 1.55 bits per heavy atom. The zero-order valence-electron chi connectivity index (χ0n) is 16.6. The molecule has 6 rings (SSSR count). The van der Waals surface area contributed by atoms with E-state index < -0.39 is 0 Å². The number of halogens is 2. The molecule has 1 unspecified atom stereocenters. The number of rotatable bonds is 2. The Morgan fingerprint density at radius 3 is 2.32 bits per heavy atom. The Bertz CT molecular complexity index is 1270. The molecule has 3 aromatic carbocycles. The first-order valence-corrected chi connectivity index (χ1v) is 11.1. The first-order valence-electron chi connectivity index (χ1n) is 10.3. The fourth-order valence-corrected chi connectivity index (χ4v) is 5.59. The maximum atomic E-state index is 13.7. The van der Waals surface area contributed by atoms with Gasteiger partial charge in [0.2, 0.25) is 0 Å². The first-order chi connectivity index (χ1) is 15.2. The van der Waals surface area contributed by atoms with E-state index in [1.165, 1.54) is 41.0 Å².